The highest BCUT2D eigenvalue weighted by Crippen LogP contribution is 2.24. The van der Waals surface area contributed by atoms with Crippen LogP contribution in [0.15, 0.2) is 24.3 Å². The van der Waals surface area contributed by atoms with Crippen molar-refractivity contribution in [2.75, 3.05) is 11.9 Å². The highest BCUT2D eigenvalue weighted by atomic mass is 16.3. The molecular weight excluding hydrogens is 238 g/mol. The summed E-state index contributed by atoms with van der Waals surface area (Å²) < 4.78 is 0. The molecule has 0 amide bonds. The van der Waals surface area contributed by atoms with Crippen LogP contribution in [0.5, 0.6) is 0 Å². The summed E-state index contributed by atoms with van der Waals surface area (Å²) in [6, 6.07) is 7.62. The minimum atomic E-state index is -0.165. The average molecular weight is 261 g/mol. The molecule has 0 radical (unpaired) electrons. The minimum absolute atomic E-state index is 0.165. The fourth-order valence-corrected chi connectivity index (χ4v) is 2.65. The predicted octanol–water partition coefficient (Wildman–Crippen LogP) is 3.24. The number of nitrogens with one attached hydrogen (secondary N) is 1. The number of rotatable bonds is 5. The number of aliphatic hydroxyl groups is 1. The molecule has 0 saturated heterocycles. The van der Waals surface area contributed by atoms with Gasteiger partial charge in [-0.15, -0.1) is 0 Å². The summed E-state index contributed by atoms with van der Waals surface area (Å²) in [6.07, 6.45) is 4.76. The van der Waals surface area contributed by atoms with Crippen LogP contribution >= 0.6 is 0 Å². The van der Waals surface area contributed by atoms with E-state index in [-0.39, 0.29) is 11.9 Å². The van der Waals surface area contributed by atoms with Gasteiger partial charge in [0.2, 0.25) is 0 Å². The topological polar surface area (TPSA) is 49.3 Å². The zero-order chi connectivity index (χ0) is 13.7. The highest BCUT2D eigenvalue weighted by molar-refractivity contribution is 5.96. The van der Waals surface area contributed by atoms with E-state index in [2.05, 4.69) is 5.32 Å². The fraction of sp³-hybridized carbons (Fsp3) is 0.562. The lowest BCUT2D eigenvalue weighted by atomic mass is 9.86. The standard InChI is InChI=1S/C16H23NO2/c1-2-15(18)12-7-9-14(10-8-12)17-11-13-5-3-4-6-16(13)19/h7-10,13,16-17,19H,2-6,11H2,1H3. The van der Waals surface area contributed by atoms with Gasteiger partial charge in [-0.05, 0) is 37.1 Å². The lowest BCUT2D eigenvalue weighted by Crippen LogP contribution is -2.30. The first kappa shape index (κ1) is 14.1. The number of carbonyl (C=O) groups excluding carboxylic acids is 1. The summed E-state index contributed by atoms with van der Waals surface area (Å²) in [4.78, 5) is 11.5. The van der Waals surface area contributed by atoms with Crippen molar-refractivity contribution in [2.24, 2.45) is 5.92 Å². The van der Waals surface area contributed by atoms with Crippen LogP contribution in [0.25, 0.3) is 0 Å². The number of anilines is 1. The van der Waals surface area contributed by atoms with Gasteiger partial charge in [-0.25, -0.2) is 0 Å². The van der Waals surface area contributed by atoms with Crippen LogP contribution in [0.2, 0.25) is 0 Å². The number of Topliss-reactive ketones (excluding diaryl/α,β-unsaturated/α-hetero) is 1. The quantitative estimate of drug-likeness (QED) is 0.800. The third kappa shape index (κ3) is 3.80. The average Bonchev–Trinajstić information content (AvgIpc) is 2.46. The highest BCUT2D eigenvalue weighted by Gasteiger charge is 2.22. The molecule has 0 aliphatic heterocycles. The molecule has 1 aliphatic rings. The summed E-state index contributed by atoms with van der Waals surface area (Å²) in [5.74, 6) is 0.528. The number of hydrogen-bond donors (Lipinski definition) is 2. The number of aliphatic hydroxyl groups excluding tert-OH is 1. The summed E-state index contributed by atoms with van der Waals surface area (Å²) >= 11 is 0. The van der Waals surface area contributed by atoms with Gasteiger partial charge in [-0.3, -0.25) is 4.79 Å². The second kappa shape index (κ2) is 6.71. The summed E-state index contributed by atoms with van der Waals surface area (Å²) in [5.41, 5.74) is 1.79. The second-order valence-electron chi connectivity index (χ2n) is 5.35. The maximum atomic E-state index is 11.5. The molecule has 0 heterocycles. The molecule has 3 heteroatoms. The molecule has 2 atom stereocenters. The Kier molecular flexibility index (Phi) is 4.97. The zero-order valence-electron chi connectivity index (χ0n) is 11.6. The smallest absolute Gasteiger partial charge is 0.162 e. The Morgan fingerprint density at radius 1 is 1.26 bits per heavy atom. The van der Waals surface area contributed by atoms with Gasteiger partial charge in [0.25, 0.3) is 0 Å². The van der Waals surface area contributed by atoms with E-state index < -0.39 is 0 Å². The van der Waals surface area contributed by atoms with Gasteiger partial charge in [0.1, 0.15) is 0 Å². The molecule has 2 rings (SSSR count). The van der Waals surface area contributed by atoms with Crippen molar-refractivity contribution in [3.8, 4) is 0 Å². The van der Waals surface area contributed by atoms with Gasteiger partial charge in [-0.1, -0.05) is 19.8 Å². The van der Waals surface area contributed by atoms with Crippen LogP contribution in [0.1, 0.15) is 49.4 Å². The van der Waals surface area contributed by atoms with E-state index in [9.17, 15) is 9.90 Å². The fourth-order valence-electron chi connectivity index (χ4n) is 2.65. The number of benzene rings is 1. The third-order valence-electron chi connectivity index (χ3n) is 3.97. The lowest BCUT2D eigenvalue weighted by molar-refractivity contribution is 0.0763. The van der Waals surface area contributed by atoms with E-state index in [4.69, 9.17) is 0 Å². The number of carbonyl (C=O) groups is 1. The van der Waals surface area contributed by atoms with Crippen molar-refractivity contribution in [3.05, 3.63) is 29.8 Å². The van der Waals surface area contributed by atoms with Crippen molar-refractivity contribution in [2.45, 2.75) is 45.1 Å². The maximum Gasteiger partial charge on any atom is 0.162 e. The Bertz CT molecular complexity index is 413. The monoisotopic (exact) mass is 261 g/mol. The van der Waals surface area contributed by atoms with Gasteiger partial charge in [0.05, 0.1) is 6.10 Å². The Hall–Kier alpha value is -1.35. The molecule has 1 fully saturated rings. The molecule has 2 unspecified atom stereocenters. The third-order valence-corrected chi connectivity index (χ3v) is 3.97. The minimum Gasteiger partial charge on any atom is -0.393 e. The van der Waals surface area contributed by atoms with Gasteiger partial charge < -0.3 is 10.4 Å². The van der Waals surface area contributed by atoms with E-state index in [1.165, 1.54) is 6.42 Å². The predicted molar refractivity (Wildman–Crippen MR) is 77.5 cm³/mol. The van der Waals surface area contributed by atoms with Crippen molar-refractivity contribution in [3.63, 3.8) is 0 Å². The molecule has 0 aromatic heterocycles. The molecule has 2 N–H and O–H groups in total. The van der Waals surface area contributed by atoms with Crippen LogP contribution < -0.4 is 5.32 Å². The maximum absolute atomic E-state index is 11.5. The molecule has 1 aromatic carbocycles. The van der Waals surface area contributed by atoms with E-state index in [0.717, 1.165) is 37.1 Å². The van der Waals surface area contributed by atoms with Crippen molar-refractivity contribution < 1.29 is 9.90 Å². The molecular formula is C16H23NO2. The summed E-state index contributed by atoms with van der Waals surface area (Å²) in [5, 5.41) is 13.3. The van der Waals surface area contributed by atoms with E-state index >= 15 is 0 Å². The largest absolute Gasteiger partial charge is 0.393 e. The number of ketones is 1. The van der Waals surface area contributed by atoms with Crippen LogP contribution in [0.3, 0.4) is 0 Å². The van der Waals surface area contributed by atoms with Gasteiger partial charge in [-0.2, -0.15) is 0 Å². The first-order valence-electron chi connectivity index (χ1n) is 7.26. The van der Waals surface area contributed by atoms with Crippen LogP contribution in [-0.2, 0) is 0 Å². The Labute approximate surface area is 115 Å². The molecule has 1 aromatic rings. The Morgan fingerprint density at radius 2 is 1.95 bits per heavy atom. The van der Waals surface area contributed by atoms with Crippen molar-refractivity contribution in [1.29, 1.82) is 0 Å². The van der Waals surface area contributed by atoms with Crippen molar-refractivity contribution >= 4 is 11.5 Å². The van der Waals surface area contributed by atoms with E-state index in [1.807, 2.05) is 31.2 Å². The second-order valence-corrected chi connectivity index (χ2v) is 5.35. The summed E-state index contributed by atoms with van der Waals surface area (Å²) in [6.45, 7) is 2.68. The molecule has 0 bridgehead atoms. The first-order valence-corrected chi connectivity index (χ1v) is 7.26. The SMILES string of the molecule is CCC(=O)c1ccc(NCC2CCCCC2O)cc1. The molecule has 1 saturated carbocycles. The lowest BCUT2D eigenvalue weighted by Gasteiger charge is -2.28. The first-order chi connectivity index (χ1) is 9.20. The molecule has 104 valence electrons. The molecule has 3 nitrogen and oxygen atoms in total. The van der Waals surface area contributed by atoms with Crippen LogP contribution in [-0.4, -0.2) is 23.5 Å². The molecule has 1 aliphatic carbocycles. The van der Waals surface area contributed by atoms with E-state index in [0.29, 0.717) is 12.3 Å². The zero-order valence-corrected chi connectivity index (χ0v) is 11.6. The van der Waals surface area contributed by atoms with Gasteiger partial charge in [0, 0.05) is 30.1 Å². The van der Waals surface area contributed by atoms with Crippen LogP contribution in [0.4, 0.5) is 5.69 Å². The number of hydrogen-bond acceptors (Lipinski definition) is 3. The van der Waals surface area contributed by atoms with Gasteiger partial charge in [0.15, 0.2) is 5.78 Å². The molecule has 0 spiro atoms. The van der Waals surface area contributed by atoms with Crippen molar-refractivity contribution in [1.82, 2.24) is 0 Å². The Morgan fingerprint density at radius 3 is 2.58 bits per heavy atom. The van der Waals surface area contributed by atoms with Gasteiger partial charge >= 0.3 is 0 Å². The summed E-state index contributed by atoms with van der Waals surface area (Å²) in [7, 11) is 0. The van der Waals surface area contributed by atoms with E-state index in [1.54, 1.807) is 0 Å². The normalized spacial score (nSPS) is 23.1. The Balaban J connectivity index is 1.87. The molecule has 19 heavy (non-hydrogen) atoms. The van der Waals surface area contributed by atoms with Crippen LogP contribution in [0, 0.1) is 5.92 Å².